The van der Waals surface area contributed by atoms with Gasteiger partial charge in [0.25, 0.3) is 0 Å². The SMILES string of the molecule is Cn1cc(-c2cc3c(-c4ccc(N5CC6CC(C5)N6C(=O)OC(C)(C)C)nn4)c(C#N)cnc3[nH]2)cn1. The Morgan fingerprint density at radius 2 is 1.97 bits per heavy atom. The van der Waals surface area contributed by atoms with Crippen LogP contribution in [-0.2, 0) is 11.8 Å². The van der Waals surface area contributed by atoms with E-state index < -0.39 is 5.60 Å². The Kier molecular flexibility index (Phi) is 5.15. The second kappa shape index (κ2) is 8.30. The van der Waals surface area contributed by atoms with Gasteiger partial charge in [0.15, 0.2) is 5.82 Å². The molecule has 2 unspecified atom stereocenters. The van der Waals surface area contributed by atoms with E-state index in [0.717, 1.165) is 28.9 Å². The van der Waals surface area contributed by atoms with E-state index in [1.165, 1.54) is 0 Å². The van der Waals surface area contributed by atoms with E-state index in [2.05, 4.69) is 36.2 Å². The molecular weight excluding hydrogens is 470 g/mol. The first-order chi connectivity index (χ1) is 17.7. The van der Waals surface area contributed by atoms with Crippen molar-refractivity contribution in [2.45, 2.75) is 44.9 Å². The van der Waals surface area contributed by atoms with Gasteiger partial charge >= 0.3 is 6.09 Å². The van der Waals surface area contributed by atoms with Crippen LogP contribution in [-0.4, -0.2) is 71.7 Å². The number of hydrogen-bond donors (Lipinski definition) is 1. The van der Waals surface area contributed by atoms with Gasteiger partial charge in [-0.2, -0.15) is 10.4 Å². The summed E-state index contributed by atoms with van der Waals surface area (Å²) in [6.45, 7) is 7.00. The topological polar surface area (TPSA) is 129 Å². The monoisotopic (exact) mass is 497 g/mol. The summed E-state index contributed by atoms with van der Waals surface area (Å²) in [6.07, 6.45) is 5.96. The number of pyridine rings is 1. The van der Waals surface area contributed by atoms with Crippen LogP contribution in [0.3, 0.4) is 0 Å². The maximum Gasteiger partial charge on any atom is 0.410 e. The maximum absolute atomic E-state index is 12.6. The number of H-pyrrole nitrogens is 1. The quantitative estimate of drug-likeness (QED) is 0.455. The zero-order valence-electron chi connectivity index (χ0n) is 21.1. The van der Waals surface area contributed by atoms with Gasteiger partial charge in [0.1, 0.15) is 17.3 Å². The van der Waals surface area contributed by atoms with Gasteiger partial charge in [-0.25, -0.2) is 9.78 Å². The highest BCUT2D eigenvalue weighted by molar-refractivity contribution is 5.97. The van der Waals surface area contributed by atoms with Crippen molar-refractivity contribution in [2.75, 3.05) is 18.0 Å². The third kappa shape index (κ3) is 4.04. The molecule has 2 atom stereocenters. The number of nitrogens with zero attached hydrogens (tertiary/aromatic N) is 8. The van der Waals surface area contributed by atoms with Crippen molar-refractivity contribution in [3.8, 4) is 28.6 Å². The molecule has 0 radical (unpaired) electrons. The first-order valence-corrected chi connectivity index (χ1v) is 12.2. The van der Waals surface area contributed by atoms with E-state index in [1.54, 1.807) is 17.1 Å². The normalized spacial score (nSPS) is 19.0. The third-order valence-corrected chi connectivity index (χ3v) is 6.82. The summed E-state index contributed by atoms with van der Waals surface area (Å²) in [5.74, 6) is 0.746. The molecule has 7 heterocycles. The van der Waals surface area contributed by atoms with Gasteiger partial charge < -0.3 is 14.6 Å². The van der Waals surface area contributed by atoms with Crippen molar-refractivity contribution in [3.05, 3.63) is 42.4 Å². The third-order valence-electron chi connectivity index (χ3n) is 6.82. The molecule has 11 heteroatoms. The van der Waals surface area contributed by atoms with Crippen LogP contribution < -0.4 is 4.90 Å². The maximum atomic E-state index is 12.6. The summed E-state index contributed by atoms with van der Waals surface area (Å²) in [4.78, 5) is 24.3. The van der Waals surface area contributed by atoms with E-state index in [4.69, 9.17) is 4.74 Å². The molecule has 4 aromatic heterocycles. The average molecular weight is 498 g/mol. The number of aromatic nitrogens is 6. The number of hydrogen-bond acceptors (Lipinski definition) is 8. The number of fused-ring (bicyclic) bond motifs is 3. The van der Waals surface area contributed by atoms with Crippen LogP contribution in [0.5, 0.6) is 0 Å². The predicted octanol–water partition coefficient (Wildman–Crippen LogP) is 3.49. The van der Waals surface area contributed by atoms with E-state index in [-0.39, 0.29) is 18.2 Å². The summed E-state index contributed by atoms with van der Waals surface area (Å²) < 4.78 is 7.31. The highest BCUT2D eigenvalue weighted by Crippen LogP contribution is 2.36. The number of nitriles is 1. The van der Waals surface area contributed by atoms with Crippen molar-refractivity contribution in [1.29, 1.82) is 5.26 Å². The van der Waals surface area contributed by atoms with E-state index in [9.17, 15) is 10.1 Å². The molecule has 3 aliphatic heterocycles. The highest BCUT2D eigenvalue weighted by Gasteiger charge is 2.49. The standard InChI is InChI=1S/C26H27N9O2/c1-26(2,3)37-25(36)35-17-7-18(35)14-34(13-17)22-6-5-20(31-32-22)23-15(9-27)10-28-24-19(23)8-21(30-24)16-11-29-33(4)12-16/h5-6,8,10-12,17-18H,7,13-14H2,1-4H3,(H,28,30). The van der Waals surface area contributed by atoms with Crippen molar-refractivity contribution in [2.24, 2.45) is 7.05 Å². The number of nitrogens with one attached hydrogen (secondary N) is 1. The molecule has 0 aromatic carbocycles. The Labute approximate surface area is 213 Å². The number of piperidine rings is 1. The van der Waals surface area contributed by atoms with Gasteiger partial charge in [-0.1, -0.05) is 0 Å². The predicted molar refractivity (Wildman–Crippen MR) is 137 cm³/mol. The fourth-order valence-electron chi connectivity index (χ4n) is 5.19. The fraction of sp³-hybridized carbons (Fsp3) is 0.385. The molecule has 3 saturated heterocycles. The largest absolute Gasteiger partial charge is 0.444 e. The zero-order valence-corrected chi connectivity index (χ0v) is 21.1. The molecule has 37 heavy (non-hydrogen) atoms. The first kappa shape index (κ1) is 23.0. The number of aryl methyl sites for hydroxylation is 1. The van der Waals surface area contributed by atoms with Crippen molar-refractivity contribution < 1.29 is 9.53 Å². The van der Waals surface area contributed by atoms with Crippen LogP contribution in [0, 0.1) is 11.3 Å². The lowest BCUT2D eigenvalue weighted by Gasteiger charge is -2.55. The summed E-state index contributed by atoms with van der Waals surface area (Å²) in [5, 5.41) is 23.8. The molecule has 0 spiro atoms. The second-order valence-corrected chi connectivity index (χ2v) is 10.6. The van der Waals surface area contributed by atoms with E-state index in [1.807, 2.05) is 57.1 Å². The van der Waals surface area contributed by atoms with Gasteiger partial charge in [0, 0.05) is 49.0 Å². The van der Waals surface area contributed by atoms with Gasteiger partial charge in [0.05, 0.1) is 35.2 Å². The zero-order chi connectivity index (χ0) is 25.9. The minimum atomic E-state index is -0.513. The molecule has 11 nitrogen and oxygen atoms in total. The number of ether oxygens (including phenoxy) is 1. The number of carbonyl (C=O) groups is 1. The van der Waals surface area contributed by atoms with Crippen molar-refractivity contribution in [3.63, 3.8) is 0 Å². The minimum absolute atomic E-state index is 0.103. The van der Waals surface area contributed by atoms with Crippen molar-refractivity contribution in [1.82, 2.24) is 34.8 Å². The van der Waals surface area contributed by atoms with Gasteiger partial charge in [0.2, 0.25) is 0 Å². The number of amides is 1. The molecule has 2 bridgehead atoms. The minimum Gasteiger partial charge on any atom is -0.444 e. The van der Waals surface area contributed by atoms with Crippen molar-refractivity contribution >= 4 is 22.9 Å². The Morgan fingerprint density at radius 3 is 2.59 bits per heavy atom. The van der Waals surface area contributed by atoms with Crippen LogP contribution in [0.2, 0.25) is 0 Å². The number of anilines is 1. The molecule has 7 rings (SSSR count). The highest BCUT2D eigenvalue weighted by atomic mass is 16.6. The molecule has 4 aromatic rings. The molecule has 0 saturated carbocycles. The molecule has 3 fully saturated rings. The van der Waals surface area contributed by atoms with Crippen LogP contribution in [0.4, 0.5) is 10.6 Å². The average Bonchev–Trinajstić information content (AvgIpc) is 3.48. The summed E-state index contributed by atoms with van der Waals surface area (Å²) in [6, 6.07) is 8.23. The van der Waals surface area contributed by atoms with E-state index in [0.29, 0.717) is 35.6 Å². The Bertz CT molecular complexity index is 1530. The molecule has 188 valence electrons. The molecule has 3 aliphatic rings. The molecule has 1 amide bonds. The number of aromatic amines is 1. The lowest BCUT2D eigenvalue weighted by atomic mass is 9.88. The van der Waals surface area contributed by atoms with Crippen LogP contribution in [0.25, 0.3) is 33.5 Å². The summed E-state index contributed by atoms with van der Waals surface area (Å²) >= 11 is 0. The van der Waals surface area contributed by atoms with Crippen LogP contribution in [0.1, 0.15) is 32.8 Å². The first-order valence-electron chi connectivity index (χ1n) is 12.2. The Morgan fingerprint density at radius 1 is 1.19 bits per heavy atom. The number of carbonyl (C=O) groups excluding carboxylic acids is 1. The van der Waals surface area contributed by atoms with Gasteiger partial charge in [-0.05, 0) is 45.4 Å². The molecule has 0 aliphatic carbocycles. The van der Waals surface area contributed by atoms with Crippen LogP contribution in [0.15, 0.2) is 36.8 Å². The van der Waals surface area contributed by atoms with E-state index >= 15 is 0 Å². The second-order valence-electron chi connectivity index (χ2n) is 10.6. The summed E-state index contributed by atoms with van der Waals surface area (Å²) in [5.41, 5.74) is 3.66. The smallest absolute Gasteiger partial charge is 0.410 e. The Balaban J connectivity index is 1.25. The van der Waals surface area contributed by atoms with Gasteiger partial charge in [-0.3, -0.25) is 9.58 Å². The summed E-state index contributed by atoms with van der Waals surface area (Å²) in [7, 11) is 1.86. The number of rotatable bonds is 3. The molecule has 1 N–H and O–H groups in total. The number of piperazine rings is 1. The molecular formula is C26H27N9O2. The fourth-order valence-corrected chi connectivity index (χ4v) is 5.19. The van der Waals surface area contributed by atoms with Crippen LogP contribution >= 0.6 is 0 Å². The van der Waals surface area contributed by atoms with Gasteiger partial charge in [-0.15, -0.1) is 10.2 Å². The lowest BCUT2D eigenvalue weighted by Crippen LogP contribution is -2.70. The lowest BCUT2D eigenvalue weighted by molar-refractivity contribution is -0.0380. The Hall–Kier alpha value is -4.46.